The molecule has 1 heterocycles. The van der Waals surface area contributed by atoms with Crippen molar-refractivity contribution in [2.24, 2.45) is 0 Å². The molecular weight excluding hydrogens is 312 g/mol. The van der Waals surface area contributed by atoms with Crippen molar-refractivity contribution in [3.05, 3.63) is 77.2 Å². The maximum Gasteiger partial charge on any atom is 0.275 e. The molecule has 0 saturated heterocycles. The topological polar surface area (TPSA) is 66.9 Å². The van der Waals surface area contributed by atoms with Gasteiger partial charge in [-0.05, 0) is 44.0 Å². The predicted octanol–water partition coefficient (Wildman–Crippen LogP) is 4.40. The average Bonchev–Trinajstić information content (AvgIpc) is 2.61. The Hall–Kier alpha value is -3.21. The van der Waals surface area contributed by atoms with Crippen LogP contribution < -0.4 is 10.6 Å². The Morgan fingerprint density at radius 1 is 0.880 bits per heavy atom. The minimum atomic E-state index is -0.271. The minimum absolute atomic E-state index is 0.271. The molecule has 0 radical (unpaired) electrons. The van der Waals surface area contributed by atoms with E-state index in [9.17, 15) is 4.79 Å². The molecule has 2 N–H and O–H groups in total. The van der Waals surface area contributed by atoms with E-state index in [-0.39, 0.29) is 11.6 Å². The number of aryl methyl sites for hydroxylation is 3. The van der Waals surface area contributed by atoms with Crippen molar-refractivity contribution >= 4 is 23.1 Å². The number of hydrogen-bond donors (Lipinski definition) is 2. The van der Waals surface area contributed by atoms with Gasteiger partial charge >= 0.3 is 0 Å². The molecule has 0 atom stereocenters. The van der Waals surface area contributed by atoms with Gasteiger partial charge in [0.2, 0.25) is 0 Å². The fraction of sp³-hybridized carbons (Fsp3) is 0.150. The number of benzene rings is 2. The van der Waals surface area contributed by atoms with Gasteiger partial charge in [-0.2, -0.15) is 0 Å². The van der Waals surface area contributed by atoms with E-state index in [0.717, 1.165) is 22.5 Å². The molecule has 0 aliphatic carbocycles. The van der Waals surface area contributed by atoms with Gasteiger partial charge in [0.25, 0.3) is 5.91 Å². The number of carbonyl (C=O) groups is 1. The Morgan fingerprint density at radius 2 is 1.56 bits per heavy atom. The predicted molar refractivity (Wildman–Crippen MR) is 100 cm³/mol. The summed E-state index contributed by atoms with van der Waals surface area (Å²) in [6.45, 7) is 5.96. The normalized spacial score (nSPS) is 10.4. The van der Waals surface area contributed by atoms with Gasteiger partial charge in [-0.15, -0.1) is 0 Å². The highest BCUT2D eigenvalue weighted by atomic mass is 16.1. The van der Waals surface area contributed by atoms with Crippen LogP contribution in [0.5, 0.6) is 0 Å². The summed E-state index contributed by atoms with van der Waals surface area (Å²) in [5.41, 5.74) is 5.23. The van der Waals surface area contributed by atoms with Gasteiger partial charge in [0.05, 0.1) is 12.4 Å². The monoisotopic (exact) mass is 332 g/mol. The lowest BCUT2D eigenvalue weighted by Gasteiger charge is -2.11. The van der Waals surface area contributed by atoms with Gasteiger partial charge in [-0.3, -0.25) is 4.79 Å². The Bertz CT molecular complexity index is 866. The molecule has 0 saturated carbocycles. The summed E-state index contributed by atoms with van der Waals surface area (Å²) in [5, 5.41) is 6.07. The van der Waals surface area contributed by atoms with Crippen LogP contribution in [-0.2, 0) is 0 Å². The molecule has 3 aromatic rings. The second kappa shape index (κ2) is 7.13. The largest absolute Gasteiger partial charge is 0.339 e. The number of nitrogens with zero attached hydrogens (tertiary/aromatic N) is 2. The van der Waals surface area contributed by atoms with Crippen LogP contribution >= 0.6 is 0 Å². The molecule has 0 fully saturated rings. The number of carbonyl (C=O) groups excluding carboxylic acids is 1. The van der Waals surface area contributed by atoms with Gasteiger partial charge in [-0.1, -0.05) is 35.9 Å². The third kappa shape index (κ3) is 4.01. The van der Waals surface area contributed by atoms with E-state index in [4.69, 9.17) is 0 Å². The van der Waals surface area contributed by atoms with Crippen LogP contribution in [0.2, 0.25) is 0 Å². The molecule has 1 aromatic heterocycles. The van der Waals surface area contributed by atoms with E-state index in [1.54, 1.807) is 6.20 Å². The second-order valence-electron chi connectivity index (χ2n) is 6.00. The molecule has 5 heteroatoms. The van der Waals surface area contributed by atoms with E-state index >= 15 is 0 Å². The highest BCUT2D eigenvalue weighted by molar-refractivity contribution is 6.03. The maximum atomic E-state index is 12.4. The van der Waals surface area contributed by atoms with Crippen LogP contribution in [0.3, 0.4) is 0 Å². The van der Waals surface area contributed by atoms with Crippen molar-refractivity contribution in [3.63, 3.8) is 0 Å². The van der Waals surface area contributed by atoms with Crippen LogP contribution in [0.1, 0.15) is 27.2 Å². The first-order valence-corrected chi connectivity index (χ1v) is 8.06. The summed E-state index contributed by atoms with van der Waals surface area (Å²) in [4.78, 5) is 20.9. The van der Waals surface area contributed by atoms with Crippen LogP contribution in [0.25, 0.3) is 0 Å². The molecule has 1 amide bonds. The SMILES string of the molecule is Cc1ccc(Nc2cnc(C(=O)Nc3c(C)cccc3C)cn2)cc1. The molecule has 5 nitrogen and oxygen atoms in total. The van der Waals surface area contributed by atoms with Gasteiger partial charge < -0.3 is 10.6 Å². The summed E-state index contributed by atoms with van der Waals surface area (Å²) >= 11 is 0. The van der Waals surface area contributed by atoms with E-state index in [1.807, 2.05) is 63.2 Å². The average molecular weight is 332 g/mol. The summed E-state index contributed by atoms with van der Waals surface area (Å²) < 4.78 is 0. The molecule has 126 valence electrons. The first-order chi connectivity index (χ1) is 12.0. The molecule has 25 heavy (non-hydrogen) atoms. The summed E-state index contributed by atoms with van der Waals surface area (Å²) in [5.74, 6) is 0.319. The molecule has 0 bridgehead atoms. The lowest BCUT2D eigenvalue weighted by molar-refractivity contribution is 0.102. The molecule has 0 aliphatic heterocycles. The van der Waals surface area contributed by atoms with Gasteiger partial charge in [0.15, 0.2) is 0 Å². The van der Waals surface area contributed by atoms with Crippen molar-refractivity contribution in [1.29, 1.82) is 0 Å². The molecule has 0 spiro atoms. The summed E-state index contributed by atoms with van der Waals surface area (Å²) in [6.07, 6.45) is 3.03. The smallest absolute Gasteiger partial charge is 0.275 e. The summed E-state index contributed by atoms with van der Waals surface area (Å²) in [7, 11) is 0. The van der Waals surface area contributed by atoms with Crippen LogP contribution in [-0.4, -0.2) is 15.9 Å². The second-order valence-corrected chi connectivity index (χ2v) is 6.00. The number of aromatic nitrogens is 2. The zero-order valence-corrected chi connectivity index (χ0v) is 14.5. The van der Waals surface area contributed by atoms with Crippen molar-refractivity contribution in [1.82, 2.24) is 9.97 Å². The van der Waals surface area contributed by atoms with Crippen LogP contribution in [0.4, 0.5) is 17.2 Å². The Labute approximate surface area is 147 Å². The molecule has 0 unspecified atom stereocenters. The molecule has 3 rings (SSSR count). The fourth-order valence-corrected chi connectivity index (χ4v) is 2.48. The standard InChI is InChI=1S/C20H20N4O/c1-13-7-9-16(10-8-13)23-18-12-21-17(11-22-18)20(25)24-19-14(2)5-4-6-15(19)3/h4-12H,1-3H3,(H,22,23)(H,24,25). The van der Waals surface area contributed by atoms with E-state index in [1.165, 1.54) is 11.8 Å². The van der Waals surface area contributed by atoms with Crippen molar-refractivity contribution in [3.8, 4) is 0 Å². The Kier molecular flexibility index (Phi) is 4.75. The fourth-order valence-electron chi connectivity index (χ4n) is 2.48. The quantitative estimate of drug-likeness (QED) is 0.743. The highest BCUT2D eigenvalue weighted by Gasteiger charge is 2.11. The van der Waals surface area contributed by atoms with E-state index < -0.39 is 0 Å². The number of rotatable bonds is 4. The number of para-hydroxylation sites is 1. The highest BCUT2D eigenvalue weighted by Crippen LogP contribution is 2.20. The van der Waals surface area contributed by atoms with E-state index in [0.29, 0.717) is 5.82 Å². The Balaban J connectivity index is 1.71. The van der Waals surface area contributed by atoms with Gasteiger partial charge in [-0.25, -0.2) is 9.97 Å². The number of nitrogens with one attached hydrogen (secondary N) is 2. The van der Waals surface area contributed by atoms with Crippen LogP contribution in [0.15, 0.2) is 54.9 Å². The third-order valence-corrected chi connectivity index (χ3v) is 3.93. The van der Waals surface area contributed by atoms with Crippen molar-refractivity contribution in [2.45, 2.75) is 20.8 Å². The zero-order chi connectivity index (χ0) is 17.8. The number of anilines is 3. The first-order valence-electron chi connectivity index (χ1n) is 8.06. The molecular formula is C20H20N4O. The Morgan fingerprint density at radius 3 is 2.16 bits per heavy atom. The van der Waals surface area contributed by atoms with Gasteiger partial charge in [0, 0.05) is 11.4 Å². The third-order valence-electron chi connectivity index (χ3n) is 3.93. The minimum Gasteiger partial charge on any atom is -0.339 e. The number of amides is 1. The van der Waals surface area contributed by atoms with Crippen molar-refractivity contribution in [2.75, 3.05) is 10.6 Å². The summed E-state index contributed by atoms with van der Waals surface area (Å²) in [6, 6.07) is 13.9. The maximum absolute atomic E-state index is 12.4. The molecule has 0 aliphatic rings. The first kappa shape index (κ1) is 16.6. The number of hydrogen-bond acceptors (Lipinski definition) is 4. The van der Waals surface area contributed by atoms with Gasteiger partial charge in [0.1, 0.15) is 11.5 Å². The van der Waals surface area contributed by atoms with E-state index in [2.05, 4.69) is 20.6 Å². The lowest BCUT2D eigenvalue weighted by atomic mass is 10.1. The lowest BCUT2D eigenvalue weighted by Crippen LogP contribution is -2.15. The van der Waals surface area contributed by atoms with Crippen molar-refractivity contribution < 1.29 is 4.79 Å². The molecule has 2 aromatic carbocycles. The van der Waals surface area contributed by atoms with Crippen LogP contribution in [0, 0.1) is 20.8 Å². The zero-order valence-electron chi connectivity index (χ0n) is 14.5.